The van der Waals surface area contributed by atoms with Crippen molar-refractivity contribution in [3.63, 3.8) is 0 Å². The van der Waals surface area contributed by atoms with Crippen molar-refractivity contribution in [2.45, 2.75) is 50.6 Å². The molecule has 1 aromatic carbocycles. The van der Waals surface area contributed by atoms with E-state index in [4.69, 9.17) is 5.73 Å². The number of hydrogen-bond acceptors (Lipinski definition) is 3. The van der Waals surface area contributed by atoms with Crippen LogP contribution in [-0.2, 0) is 16.6 Å². The maximum atomic E-state index is 13.4. The summed E-state index contributed by atoms with van der Waals surface area (Å²) in [5, 5.41) is 0. The Morgan fingerprint density at radius 2 is 2.00 bits per heavy atom. The first kappa shape index (κ1) is 16.4. The lowest BCUT2D eigenvalue weighted by molar-refractivity contribution is 0.242. The molecule has 4 nitrogen and oxygen atoms in total. The van der Waals surface area contributed by atoms with Crippen molar-refractivity contribution in [1.29, 1.82) is 0 Å². The largest absolute Gasteiger partial charge is 0.326 e. The van der Waals surface area contributed by atoms with Crippen LogP contribution >= 0.6 is 0 Å². The topological polar surface area (TPSA) is 72.2 Å². The second kappa shape index (κ2) is 6.42. The molecule has 0 amide bonds. The van der Waals surface area contributed by atoms with Gasteiger partial charge in [0.25, 0.3) is 0 Å². The Bertz CT molecular complexity index is 604. The summed E-state index contributed by atoms with van der Waals surface area (Å²) in [5.74, 6) is 0.519. The molecule has 3 atom stereocenters. The number of nitrogens with two attached hydrogens (primary N) is 1. The molecule has 118 valence electrons. The van der Waals surface area contributed by atoms with Gasteiger partial charge in [-0.15, -0.1) is 0 Å². The molecule has 2 rings (SSSR count). The number of nitrogens with one attached hydrogen (secondary N) is 1. The molecule has 6 heteroatoms. The van der Waals surface area contributed by atoms with Crippen LogP contribution in [0.15, 0.2) is 23.1 Å². The minimum atomic E-state index is -3.74. The van der Waals surface area contributed by atoms with E-state index in [1.165, 1.54) is 12.1 Å². The summed E-state index contributed by atoms with van der Waals surface area (Å²) < 4.78 is 41.1. The number of halogens is 1. The predicted molar refractivity (Wildman–Crippen MR) is 80.6 cm³/mol. The molecule has 3 unspecified atom stereocenters. The van der Waals surface area contributed by atoms with Crippen LogP contribution in [-0.4, -0.2) is 14.5 Å². The summed E-state index contributed by atoms with van der Waals surface area (Å²) in [4.78, 5) is -0.0451. The first-order chi connectivity index (χ1) is 9.83. The summed E-state index contributed by atoms with van der Waals surface area (Å²) in [6.45, 7) is 4.39. The highest BCUT2D eigenvalue weighted by Crippen LogP contribution is 2.30. The van der Waals surface area contributed by atoms with Crippen LogP contribution in [0.3, 0.4) is 0 Å². The second-order valence-electron chi connectivity index (χ2n) is 6.04. The van der Waals surface area contributed by atoms with E-state index in [-0.39, 0.29) is 17.5 Å². The summed E-state index contributed by atoms with van der Waals surface area (Å²) in [6, 6.07) is 3.61. The number of hydrogen-bond donors (Lipinski definition) is 2. The summed E-state index contributed by atoms with van der Waals surface area (Å²) in [6.07, 6.45) is 2.63. The first-order valence-electron chi connectivity index (χ1n) is 7.34. The molecule has 0 radical (unpaired) electrons. The van der Waals surface area contributed by atoms with Gasteiger partial charge in [-0.3, -0.25) is 0 Å². The third-order valence-electron chi connectivity index (χ3n) is 4.46. The number of sulfonamides is 1. The molecule has 1 saturated carbocycles. The molecule has 3 N–H and O–H groups in total. The molecular formula is C15H23FN2O2S. The Labute approximate surface area is 126 Å². The summed E-state index contributed by atoms with van der Waals surface area (Å²) in [7, 11) is -3.74. The second-order valence-corrected chi connectivity index (χ2v) is 7.72. The first-order valence-corrected chi connectivity index (χ1v) is 8.82. The lowest BCUT2D eigenvalue weighted by Gasteiger charge is -2.32. The average molecular weight is 314 g/mol. The van der Waals surface area contributed by atoms with Gasteiger partial charge in [-0.1, -0.05) is 19.9 Å². The smallest absolute Gasteiger partial charge is 0.241 e. The van der Waals surface area contributed by atoms with Gasteiger partial charge in [0.2, 0.25) is 10.0 Å². The van der Waals surface area contributed by atoms with Gasteiger partial charge in [-0.25, -0.2) is 17.5 Å². The summed E-state index contributed by atoms with van der Waals surface area (Å²) >= 11 is 0. The van der Waals surface area contributed by atoms with Crippen molar-refractivity contribution in [1.82, 2.24) is 4.72 Å². The van der Waals surface area contributed by atoms with Crippen LogP contribution in [0.4, 0.5) is 4.39 Å². The van der Waals surface area contributed by atoms with Crippen molar-refractivity contribution in [2.75, 3.05) is 0 Å². The van der Waals surface area contributed by atoms with Crippen molar-refractivity contribution in [3.05, 3.63) is 29.6 Å². The lowest BCUT2D eigenvalue weighted by Crippen LogP contribution is -2.40. The maximum absolute atomic E-state index is 13.4. The van der Waals surface area contributed by atoms with Gasteiger partial charge in [-0.2, -0.15) is 0 Å². The van der Waals surface area contributed by atoms with E-state index in [9.17, 15) is 12.8 Å². The Morgan fingerprint density at radius 1 is 1.29 bits per heavy atom. The quantitative estimate of drug-likeness (QED) is 0.896. The van der Waals surface area contributed by atoms with Gasteiger partial charge < -0.3 is 5.73 Å². The van der Waals surface area contributed by atoms with Gasteiger partial charge in [-0.05, 0) is 48.8 Å². The third-order valence-corrected chi connectivity index (χ3v) is 6.06. The van der Waals surface area contributed by atoms with E-state index < -0.39 is 15.8 Å². The monoisotopic (exact) mass is 314 g/mol. The van der Waals surface area contributed by atoms with Gasteiger partial charge in [0, 0.05) is 12.6 Å². The van der Waals surface area contributed by atoms with Gasteiger partial charge in [0.05, 0.1) is 4.90 Å². The van der Waals surface area contributed by atoms with Crippen molar-refractivity contribution in [2.24, 2.45) is 17.6 Å². The van der Waals surface area contributed by atoms with Gasteiger partial charge in [0.1, 0.15) is 5.82 Å². The van der Waals surface area contributed by atoms with Gasteiger partial charge >= 0.3 is 0 Å². The summed E-state index contributed by atoms with van der Waals surface area (Å²) in [5.41, 5.74) is 5.99. The third kappa shape index (κ3) is 3.81. The zero-order valence-corrected chi connectivity index (χ0v) is 13.3. The molecule has 1 aromatic rings. The molecule has 1 aliphatic carbocycles. The zero-order valence-electron chi connectivity index (χ0n) is 12.5. The molecule has 21 heavy (non-hydrogen) atoms. The zero-order chi connectivity index (χ0) is 15.6. The molecular weight excluding hydrogens is 291 g/mol. The Morgan fingerprint density at radius 3 is 2.62 bits per heavy atom. The van der Waals surface area contributed by atoms with E-state index in [0.29, 0.717) is 17.4 Å². The molecule has 0 spiro atoms. The maximum Gasteiger partial charge on any atom is 0.241 e. The molecule has 0 aromatic heterocycles. The minimum Gasteiger partial charge on any atom is -0.326 e. The van der Waals surface area contributed by atoms with Gasteiger partial charge in [0.15, 0.2) is 0 Å². The van der Waals surface area contributed by atoms with Crippen LogP contribution < -0.4 is 10.5 Å². The number of benzene rings is 1. The van der Waals surface area contributed by atoms with Crippen LogP contribution in [0.25, 0.3) is 0 Å². The molecule has 0 aliphatic heterocycles. The minimum absolute atomic E-state index is 0.0451. The van der Waals surface area contributed by atoms with Crippen molar-refractivity contribution < 1.29 is 12.8 Å². The van der Waals surface area contributed by atoms with E-state index in [1.807, 2.05) is 0 Å². The Balaban J connectivity index is 2.21. The lowest BCUT2D eigenvalue weighted by atomic mass is 9.79. The Kier molecular flexibility index (Phi) is 5.01. The van der Waals surface area contributed by atoms with E-state index in [1.54, 1.807) is 0 Å². The Hall–Kier alpha value is -0.980. The van der Waals surface area contributed by atoms with E-state index in [2.05, 4.69) is 18.6 Å². The molecule has 1 fully saturated rings. The van der Waals surface area contributed by atoms with E-state index in [0.717, 1.165) is 25.3 Å². The molecule has 0 bridgehead atoms. The molecule has 0 saturated heterocycles. The average Bonchev–Trinajstić information content (AvgIpc) is 2.42. The highest BCUT2D eigenvalue weighted by atomic mass is 32.2. The normalized spacial score (nSPS) is 26.8. The highest BCUT2D eigenvalue weighted by Gasteiger charge is 2.29. The fraction of sp³-hybridized carbons (Fsp3) is 0.600. The van der Waals surface area contributed by atoms with Crippen molar-refractivity contribution >= 4 is 10.0 Å². The fourth-order valence-corrected chi connectivity index (χ4v) is 4.43. The molecule has 1 aliphatic rings. The van der Waals surface area contributed by atoms with Crippen LogP contribution in [0.5, 0.6) is 0 Å². The standard InChI is InChI=1S/C15H23FN2O2S/c1-10-3-6-14(7-11(10)2)18-21(19,20)15-8-13(16)5-4-12(15)9-17/h4-5,8,10-11,14,18H,3,6-7,9,17H2,1-2H3. The molecule has 0 heterocycles. The van der Waals surface area contributed by atoms with Crippen LogP contribution in [0, 0.1) is 17.7 Å². The van der Waals surface area contributed by atoms with Crippen LogP contribution in [0.1, 0.15) is 38.7 Å². The SMILES string of the molecule is CC1CCC(NS(=O)(=O)c2cc(F)ccc2CN)CC1C. The van der Waals surface area contributed by atoms with Crippen LogP contribution in [0.2, 0.25) is 0 Å². The highest BCUT2D eigenvalue weighted by molar-refractivity contribution is 7.89. The fourth-order valence-electron chi connectivity index (χ4n) is 2.88. The number of rotatable bonds is 4. The van der Waals surface area contributed by atoms with Crippen molar-refractivity contribution in [3.8, 4) is 0 Å². The predicted octanol–water partition coefficient (Wildman–Crippen LogP) is 2.39. The van der Waals surface area contributed by atoms with E-state index >= 15 is 0 Å².